The first-order chi connectivity index (χ1) is 20.1. The second-order valence-electron chi connectivity index (χ2n) is 12.2. The van der Waals surface area contributed by atoms with E-state index < -0.39 is 0 Å². The maximum absolute atomic E-state index is 12.4. The number of allylic oxidation sites excluding steroid dienone is 1. The predicted octanol–water partition coefficient (Wildman–Crippen LogP) is 6.47. The molecule has 42 heavy (non-hydrogen) atoms. The van der Waals surface area contributed by atoms with Crippen LogP contribution in [0.3, 0.4) is 0 Å². The normalized spacial score (nSPS) is 17.6. The van der Waals surface area contributed by atoms with Gasteiger partial charge < -0.3 is 14.5 Å². The number of likely N-dealkylation sites (N-methyl/N-ethyl adjacent to an activating group) is 2. The molecule has 9 nitrogen and oxygen atoms in total. The summed E-state index contributed by atoms with van der Waals surface area (Å²) in [6, 6.07) is -0.305. The van der Waals surface area contributed by atoms with Crippen LogP contribution in [0.1, 0.15) is 112 Å². The van der Waals surface area contributed by atoms with E-state index in [1.807, 2.05) is 19.9 Å². The van der Waals surface area contributed by atoms with Gasteiger partial charge in [0.1, 0.15) is 13.1 Å². The Morgan fingerprint density at radius 3 is 1.62 bits per heavy atom. The van der Waals surface area contributed by atoms with Crippen LogP contribution in [0.25, 0.3) is 0 Å². The lowest BCUT2D eigenvalue weighted by molar-refractivity contribution is -0.126. The zero-order valence-electron chi connectivity index (χ0n) is 27.3. The summed E-state index contributed by atoms with van der Waals surface area (Å²) < 4.78 is 5.97. The molecule has 6 amide bonds. The number of urea groups is 2. The summed E-state index contributed by atoms with van der Waals surface area (Å²) in [6.07, 6.45) is 14.1. The Hall–Kier alpha value is -2.42. The van der Waals surface area contributed by atoms with Crippen LogP contribution in [0.2, 0.25) is 0 Å². The van der Waals surface area contributed by atoms with E-state index in [4.69, 9.17) is 4.74 Å². The van der Waals surface area contributed by atoms with Crippen molar-refractivity contribution >= 4 is 23.9 Å². The van der Waals surface area contributed by atoms with Gasteiger partial charge in [0.25, 0.3) is 0 Å². The van der Waals surface area contributed by atoms with Crippen LogP contribution in [0.4, 0.5) is 9.59 Å². The lowest BCUT2D eigenvalue weighted by Crippen LogP contribution is -2.36. The van der Waals surface area contributed by atoms with E-state index in [1.165, 1.54) is 9.80 Å². The SMILES string of the molecule is C=CC(CC)(CCCCOCCCCC(CC)(CC)CCCN1C(=O)CN(CC)C1=O)CCN1C(=O)CN(CC)C1=O. The van der Waals surface area contributed by atoms with Crippen molar-refractivity contribution in [3.8, 4) is 0 Å². The Kier molecular flexibility index (Phi) is 15.0. The maximum atomic E-state index is 12.4. The summed E-state index contributed by atoms with van der Waals surface area (Å²) in [5.41, 5.74) is 0.179. The van der Waals surface area contributed by atoms with Crippen molar-refractivity contribution in [1.82, 2.24) is 19.6 Å². The Balaban J connectivity index is 1.63. The van der Waals surface area contributed by atoms with Gasteiger partial charge in [-0.25, -0.2) is 9.59 Å². The molecule has 0 aromatic carbocycles. The van der Waals surface area contributed by atoms with E-state index in [1.54, 1.807) is 9.80 Å². The zero-order chi connectivity index (χ0) is 31.2. The number of hydrogen-bond donors (Lipinski definition) is 0. The van der Waals surface area contributed by atoms with Crippen LogP contribution in [-0.4, -0.2) is 96.0 Å². The van der Waals surface area contributed by atoms with Gasteiger partial charge in [-0.05, 0) is 76.0 Å². The number of carbonyl (C=O) groups excluding carboxylic acids is 4. The summed E-state index contributed by atoms with van der Waals surface area (Å²) in [6.45, 7) is 18.6. The minimum Gasteiger partial charge on any atom is -0.381 e. The second kappa shape index (κ2) is 17.6. The molecule has 9 heteroatoms. The molecule has 0 radical (unpaired) electrons. The van der Waals surface area contributed by atoms with E-state index in [9.17, 15) is 19.2 Å². The van der Waals surface area contributed by atoms with Gasteiger partial charge in [0.15, 0.2) is 0 Å². The molecular weight excluding hydrogens is 532 g/mol. The van der Waals surface area contributed by atoms with Crippen molar-refractivity contribution in [2.75, 3.05) is 52.5 Å². The highest BCUT2D eigenvalue weighted by Crippen LogP contribution is 2.38. The van der Waals surface area contributed by atoms with Gasteiger partial charge in [-0.15, -0.1) is 6.58 Å². The lowest BCUT2D eigenvalue weighted by Gasteiger charge is -2.32. The molecule has 0 N–H and O–H groups in total. The molecule has 2 fully saturated rings. The molecule has 2 aliphatic rings. The van der Waals surface area contributed by atoms with E-state index in [2.05, 4.69) is 27.4 Å². The van der Waals surface area contributed by atoms with Gasteiger partial charge in [-0.3, -0.25) is 19.4 Å². The highest BCUT2D eigenvalue weighted by Gasteiger charge is 2.37. The molecule has 1 atom stereocenters. The number of unbranched alkanes of at least 4 members (excludes halogenated alkanes) is 2. The molecule has 0 saturated carbocycles. The van der Waals surface area contributed by atoms with Crippen molar-refractivity contribution in [2.45, 2.75) is 112 Å². The van der Waals surface area contributed by atoms with Gasteiger partial charge >= 0.3 is 12.1 Å². The number of imide groups is 2. The van der Waals surface area contributed by atoms with Crippen LogP contribution in [0.15, 0.2) is 12.7 Å². The number of carbonyl (C=O) groups is 4. The van der Waals surface area contributed by atoms with E-state index in [0.29, 0.717) is 26.2 Å². The van der Waals surface area contributed by atoms with Crippen LogP contribution in [-0.2, 0) is 14.3 Å². The third-order valence-electron chi connectivity index (χ3n) is 10.0. The molecule has 1 unspecified atom stereocenters. The summed E-state index contributed by atoms with van der Waals surface area (Å²) in [7, 11) is 0. The van der Waals surface area contributed by atoms with Crippen LogP contribution in [0.5, 0.6) is 0 Å². The highest BCUT2D eigenvalue weighted by atomic mass is 16.5. The van der Waals surface area contributed by atoms with Crippen LogP contribution >= 0.6 is 0 Å². The van der Waals surface area contributed by atoms with Crippen molar-refractivity contribution in [2.24, 2.45) is 10.8 Å². The average molecular weight is 591 g/mol. The zero-order valence-corrected chi connectivity index (χ0v) is 27.3. The molecular formula is C33H58N4O5. The molecule has 0 bridgehead atoms. The fourth-order valence-electron chi connectivity index (χ4n) is 6.47. The Morgan fingerprint density at radius 2 is 1.17 bits per heavy atom. The smallest absolute Gasteiger partial charge is 0.327 e. The summed E-state index contributed by atoms with van der Waals surface area (Å²) in [5.74, 6) is -0.168. The highest BCUT2D eigenvalue weighted by molar-refractivity contribution is 6.02. The number of rotatable bonds is 23. The van der Waals surface area contributed by atoms with Gasteiger partial charge in [0.2, 0.25) is 11.8 Å². The first-order valence-corrected chi connectivity index (χ1v) is 16.5. The third kappa shape index (κ3) is 9.55. The fraction of sp³-hybridized carbons (Fsp3) is 0.818. The fourth-order valence-corrected chi connectivity index (χ4v) is 6.47. The molecule has 2 rings (SSSR count). The quantitative estimate of drug-likeness (QED) is 0.0773. The molecule has 2 heterocycles. The predicted molar refractivity (Wildman–Crippen MR) is 167 cm³/mol. The molecule has 0 aromatic rings. The second-order valence-corrected chi connectivity index (χ2v) is 12.2. The van der Waals surface area contributed by atoms with E-state index >= 15 is 0 Å². The Labute approximate surface area is 255 Å². The van der Waals surface area contributed by atoms with Crippen molar-refractivity contribution in [3.05, 3.63) is 12.7 Å². The topological polar surface area (TPSA) is 90.5 Å². The first kappa shape index (κ1) is 35.8. The lowest BCUT2D eigenvalue weighted by atomic mass is 9.74. The Morgan fingerprint density at radius 1 is 0.667 bits per heavy atom. The standard InChI is InChI=1S/C33H58N4O5/c1-7-32(8-2,20-17-22-36-28(38)26-34(11-5)30(36)40)18-13-15-24-42-25-16-14-19-33(9-3,10-4)21-23-37-29(39)27-35(12-6)31(37)41/h9H,3,7-8,10-27H2,1-2,4-6H3. The molecule has 0 aromatic heterocycles. The third-order valence-corrected chi connectivity index (χ3v) is 10.0. The molecule has 2 saturated heterocycles. The minimum atomic E-state index is -0.168. The average Bonchev–Trinajstić information content (AvgIpc) is 3.44. The summed E-state index contributed by atoms with van der Waals surface area (Å²) in [5, 5.41) is 0. The number of nitrogens with zero attached hydrogens (tertiary/aromatic N) is 4. The van der Waals surface area contributed by atoms with Gasteiger partial charge in [0.05, 0.1) is 0 Å². The van der Waals surface area contributed by atoms with E-state index in [-0.39, 0.29) is 47.8 Å². The van der Waals surface area contributed by atoms with E-state index in [0.717, 1.165) is 90.3 Å². The van der Waals surface area contributed by atoms with Crippen LogP contribution in [0, 0.1) is 10.8 Å². The van der Waals surface area contributed by atoms with Crippen molar-refractivity contribution < 1.29 is 23.9 Å². The van der Waals surface area contributed by atoms with Crippen molar-refractivity contribution in [1.29, 1.82) is 0 Å². The molecule has 240 valence electrons. The van der Waals surface area contributed by atoms with Gasteiger partial charge in [-0.1, -0.05) is 52.5 Å². The van der Waals surface area contributed by atoms with Crippen LogP contribution < -0.4 is 0 Å². The Bertz CT molecular complexity index is 905. The van der Waals surface area contributed by atoms with Crippen molar-refractivity contribution in [3.63, 3.8) is 0 Å². The summed E-state index contributed by atoms with van der Waals surface area (Å²) in [4.78, 5) is 55.3. The number of hydrogen-bond acceptors (Lipinski definition) is 5. The monoisotopic (exact) mass is 590 g/mol. The van der Waals surface area contributed by atoms with Gasteiger partial charge in [0, 0.05) is 39.4 Å². The largest absolute Gasteiger partial charge is 0.381 e. The number of amides is 6. The molecule has 0 aliphatic carbocycles. The number of ether oxygens (including phenoxy) is 1. The first-order valence-electron chi connectivity index (χ1n) is 16.5. The maximum Gasteiger partial charge on any atom is 0.327 e. The minimum absolute atomic E-state index is 0.0685. The molecule has 2 aliphatic heterocycles. The summed E-state index contributed by atoms with van der Waals surface area (Å²) >= 11 is 0. The molecule has 0 spiro atoms. The van der Waals surface area contributed by atoms with Gasteiger partial charge in [-0.2, -0.15) is 0 Å².